The van der Waals surface area contributed by atoms with Crippen LogP contribution < -0.4 is 0 Å². The average Bonchev–Trinajstić information content (AvgIpc) is 2.12. The van der Waals surface area contributed by atoms with Gasteiger partial charge in [0.05, 0.1) is 31.5 Å². The van der Waals surface area contributed by atoms with Crippen LogP contribution in [0.4, 0.5) is 0 Å². The van der Waals surface area contributed by atoms with Crippen molar-refractivity contribution in [2.45, 2.75) is 52.9 Å². The lowest BCUT2D eigenvalue weighted by Gasteiger charge is -2.07. The third-order valence-corrected chi connectivity index (χ3v) is 1.23. The minimum atomic E-state index is -0.336. The zero-order valence-corrected chi connectivity index (χ0v) is 10.6. The second-order valence-corrected chi connectivity index (χ2v) is 3.74. The quantitative estimate of drug-likeness (QED) is 0.709. The number of hydrogen-bond acceptors (Lipinski definition) is 4. The van der Waals surface area contributed by atoms with Crippen molar-refractivity contribution in [1.29, 1.82) is 0 Å². The first-order chi connectivity index (χ1) is 6.90. The molecular weight excluding hydrogens is 196 g/mol. The van der Waals surface area contributed by atoms with Gasteiger partial charge in [-0.15, -0.1) is 0 Å². The molecule has 4 heteroatoms. The van der Waals surface area contributed by atoms with Crippen LogP contribution in [0.5, 0.6) is 0 Å². The molecule has 2 atom stereocenters. The van der Waals surface area contributed by atoms with E-state index in [4.69, 9.17) is 19.7 Å². The van der Waals surface area contributed by atoms with Crippen LogP contribution in [-0.2, 0) is 9.47 Å². The van der Waals surface area contributed by atoms with Crippen LogP contribution in [0.25, 0.3) is 0 Å². The van der Waals surface area contributed by atoms with E-state index < -0.39 is 0 Å². The van der Waals surface area contributed by atoms with E-state index in [0.29, 0.717) is 19.8 Å². The van der Waals surface area contributed by atoms with Crippen LogP contribution in [0.3, 0.4) is 0 Å². The summed E-state index contributed by atoms with van der Waals surface area (Å²) in [6, 6.07) is 0. The molecule has 0 saturated heterocycles. The fourth-order valence-corrected chi connectivity index (χ4v) is 0.620. The van der Waals surface area contributed by atoms with E-state index in [1.54, 1.807) is 13.8 Å². The zero-order valence-electron chi connectivity index (χ0n) is 10.6. The molecular formula is C11H26O4. The van der Waals surface area contributed by atoms with Crippen molar-refractivity contribution in [3.8, 4) is 0 Å². The molecule has 0 aliphatic heterocycles. The summed E-state index contributed by atoms with van der Waals surface area (Å²) in [7, 11) is 0. The average molecular weight is 222 g/mol. The van der Waals surface area contributed by atoms with Gasteiger partial charge in [0, 0.05) is 6.61 Å². The van der Waals surface area contributed by atoms with Gasteiger partial charge in [0.1, 0.15) is 0 Å². The first kappa shape index (κ1) is 17.2. The third-order valence-electron chi connectivity index (χ3n) is 1.23. The van der Waals surface area contributed by atoms with Gasteiger partial charge in [-0.25, -0.2) is 0 Å². The summed E-state index contributed by atoms with van der Waals surface area (Å²) in [6.45, 7) is 10.8. The van der Waals surface area contributed by atoms with Crippen LogP contribution >= 0.6 is 0 Å². The second kappa shape index (κ2) is 11.9. The van der Waals surface area contributed by atoms with Crippen molar-refractivity contribution < 1.29 is 19.7 Å². The molecule has 0 heterocycles. The summed E-state index contributed by atoms with van der Waals surface area (Å²) in [6.07, 6.45) is -0.429. The lowest BCUT2D eigenvalue weighted by molar-refractivity contribution is 0.0134. The smallest absolute Gasteiger partial charge is 0.0745 e. The summed E-state index contributed by atoms with van der Waals surface area (Å²) < 4.78 is 9.90. The van der Waals surface area contributed by atoms with Gasteiger partial charge in [-0.05, 0) is 34.6 Å². The molecule has 2 unspecified atom stereocenters. The molecule has 0 saturated carbocycles. The highest BCUT2D eigenvalue weighted by molar-refractivity contribution is 4.43. The summed E-state index contributed by atoms with van der Waals surface area (Å²) >= 11 is 0. The van der Waals surface area contributed by atoms with Crippen LogP contribution in [-0.4, -0.2) is 48.3 Å². The monoisotopic (exact) mass is 222 g/mol. The van der Waals surface area contributed by atoms with E-state index in [2.05, 4.69) is 0 Å². The largest absolute Gasteiger partial charge is 0.391 e. The molecule has 0 aromatic carbocycles. The molecule has 0 amide bonds. The maximum absolute atomic E-state index is 8.68. The summed E-state index contributed by atoms with van der Waals surface area (Å²) in [5, 5.41) is 17.2. The fraction of sp³-hybridized carbons (Fsp3) is 1.00. The summed E-state index contributed by atoms with van der Waals surface area (Å²) in [4.78, 5) is 0. The second-order valence-electron chi connectivity index (χ2n) is 3.74. The number of rotatable bonds is 6. The SMILES string of the molecule is CC(O)COC(C)C.CCOCC(C)O. The van der Waals surface area contributed by atoms with Gasteiger partial charge in [0.2, 0.25) is 0 Å². The normalized spacial score (nSPS) is 14.4. The first-order valence-electron chi connectivity index (χ1n) is 5.45. The molecule has 0 aromatic rings. The maximum Gasteiger partial charge on any atom is 0.0745 e. The van der Waals surface area contributed by atoms with Crippen molar-refractivity contribution in [2.75, 3.05) is 19.8 Å². The van der Waals surface area contributed by atoms with E-state index in [1.165, 1.54) is 0 Å². The first-order valence-corrected chi connectivity index (χ1v) is 5.45. The number of aliphatic hydroxyl groups excluding tert-OH is 2. The Morgan fingerprint density at radius 2 is 1.40 bits per heavy atom. The van der Waals surface area contributed by atoms with Crippen LogP contribution in [0.1, 0.15) is 34.6 Å². The standard InChI is InChI=1S/C6H14O2.C5H12O2/c1-5(2)8-4-6(3)7;1-3-7-4-5(2)6/h5-7H,4H2,1-3H3;5-6H,3-4H2,1-2H3. The van der Waals surface area contributed by atoms with E-state index in [-0.39, 0.29) is 18.3 Å². The van der Waals surface area contributed by atoms with Crippen molar-refractivity contribution >= 4 is 0 Å². The van der Waals surface area contributed by atoms with Gasteiger partial charge >= 0.3 is 0 Å². The molecule has 0 aliphatic carbocycles. The van der Waals surface area contributed by atoms with E-state index >= 15 is 0 Å². The Morgan fingerprint density at radius 1 is 0.933 bits per heavy atom. The molecule has 0 fully saturated rings. The Hall–Kier alpha value is -0.160. The minimum absolute atomic E-state index is 0.226. The zero-order chi connectivity index (χ0) is 12.3. The minimum Gasteiger partial charge on any atom is -0.391 e. The van der Waals surface area contributed by atoms with Gasteiger partial charge in [-0.2, -0.15) is 0 Å². The predicted molar refractivity (Wildman–Crippen MR) is 60.9 cm³/mol. The molecule has 0 radical (unpaired) electrons. The van der Waals surface area contributed by atoms with Gasteiger partial charge in [0.15, 0.2) is 0 Å². The molecule has 0 bridgehead atoms. The molecule has 0 spiro atoms. The van der Waals surface area contributed by atoms with Crippen molar-refractivity contribution in [3.05, 3.63) is 0 Å². The van der Waals surface area contributed by atoms with Crippen LogP contribution in [0, 0.1) is 0 Å². The predicted octanol–water partition coefficient (Wildman–Crippen LogP) is 1.20. The summed E-state index contributed by atoms with van der Waals surface area (Å²) in [5.74, 6) is 0. The number of aliphatic hydroxyl groups is 2. The maximum atomic E-state index is 8.68. The van der Waals surface area contributed by atoms with E-state index in [1.807, 2.05) is 20.8 Å². The van der Waals surface area contributed by atoms with Crippen molar-refractivity contribution in [1.82, 2.24) is 0 Å². The van der Waals surface area contributed by atoms with Crippen molar-refractivity contribution in [2.24, 2.45) is 0 Å². The van der Waals surface area contributed by atoms with Gasteiger partial charge in [0.25, 0.3) is 0 Å². The lowest BCUT2D eigenvalue weighted by atomic mass is 10.4. The molecule has 4 nitrogen and oxygen atoms in total. The van der Waals surface area contributed by atoms with E-state index in [9.17, 15) is 0 Å². The van der Waals surface area contributed by atoms with E-state index in [0.717, 1.165) is 0 Å². The third kappa shape index (κ3) is 24.8. The van der Waals surface area contributed by atoms with Crippen molar-refractivity contribution in [3.63, 3.8) is 0 Å². The molecule has 0 aliphatic rings. The molecule has 0 rings (SSSR count). The Morgan fingerprint density at radius 3 is 1.53 bits per heavy atom. The Kier molecular flexibility index (Phi) is 13.7. The van der Waals surface area contributed by atoms with Gasteiger partial charge in [-0.1, -0.05) is 0 Å². The molecule has 94 valence electrons. The van der Waals surface area contributed by atoms with Gasteiger partial charge < -0.3 is 19.7 Å². The number of ether oxygens (including phenoxy) is 2. The van der Waals surface area contributed by atoms with Gasteiger partial charge in [-0.3, -0.25) is 0 Å². The Bertz CT molecular complexity index is 105. The highest BCUT2D eigenvalue weighted by Gasteiger charge is 1.96. The molecule has 15 heavy (non-hydrogen) atoms. The highest BCUT2D eigenvalue weighted by atomic mass is 16.5. The Balaban J connectivity index is 0. The lowest BCUT2D eigenvalue weighted by Crippen LogP contribution is -2.14. The highest BCUT2D eigenvalue weighted by Crippen LogP contribution is 1.89. The topological polar surface area (TPSA) is 58.9 Å². The number of hydrogen-bond donors (Lipinski definition) is 2. The fourth-order valence-electron chi connectivity index (χ4n) is 0.620. The van der Waals surface area contributed by atoms with Crippen LogP contribution in [0.2, 0.25) is 0 Å². The summed E-state index contributed by atoms with van der Waals surface area (Å²) in [5.41, 5.74) is 0. The molecule has 0 aromatic heterocycles. The van der Waals surface area contributed by atoms with Crippen LogP contribution in [0.15, 0.2) is 0 Å². The Labute approximate surface area is 93.2 Å². The molecule has 2 N–H and O–H groups in total.